The molecule has 1 aliphatic carbocycles. The van der Waals surface area contributed by atoms with Crippen molar-refractivity contribution in [1.82, 2.24) is 4.98 Å². The Morgan fingerprint density at radius 2 is 1.95 bits per heavy atom. The number of aryl methyl sites for hydroxylation is 2. The van der Waals surface area contributed by atoms with Crippen LogP contribution in [0.5, 0.6) is 0 Å². The third-order valence-corrected chi connectivity index (χ3v) is 4.88. The van der Waals surface area contributed by atoms with Gasteiger partial charge in [0.15, 0.2) is 0 Å². The third kappa shape index (κ3) is 3.50. The van der Waals surface area contributed by atoms with Crippen molar-refractivity contribution in [2.75, 3.05) is 5.43 Å². The van der Waals surface area contributed by atoms with Crippen molar-refractivity contribution in [2.24, 2.45) is 5.10 Å². The topological polar surface area (TPSA) is 37.3 Å². The van der Waals surface area contributed by atoms with E-state index in [2.05, 4.69) is 53.6 Å². The number of thiazole rings is 1. The Morgan fingerprint density at radius 3 is 2.67 bits per heavy atom. The van der Waals surface area contributed by atoms with Crippen molar-refractivity contribution in [1.29, 1.82) is 0 Å². The van der Waals surface area contributed by atoms with E-state index < -0.39 is 0 Å². The predicted octanol–water partition coefficient (Wildman–Crippen LogP) is 4.59. The summed E-state index contributed by atoms with van der Waals surface area (Å²) >= 11 is 1.74. The number of fused-ring (bicyclic) bond motifs is 1. The summed E-state index contributed by atoms with van der Waals surface area (Å²) in [5.74, 6) is 0.566. The lowest BCUT2D eigenvalue weighted by molar-refractivity contribution is 0.682. The number of hydrogen-bond donors (Lipinski definition) is 1. The van der Waals surface area contributed by atoms with Crippen LogP contribution in [0.1, 0.15) is 54.3 Å². The molecule has 1 heterocycles. The van der Waals surface area contributed by atoms with Gasteiger partial charge in [0.25, 0.3) is 0 Å². The highest BCUT2D eigenvalue weighted by Crippen LogP contribution is 2.29. The molecule has 0 aliphatic heterocycles. The number of aromatic nitrogens is 1. The first-order valence-corrected chi connectivity index (χ1v) is 8.41. The minimum absolute atomic E-state index is 0.566. The molecule has 21 heavy (non-hydrogen) atoms. The maximum Gasteiger partial charge on any atom is 0.203 e. The third-order valence-electron chi connectivity index (χ3n) is 3.82. The fraction of sp³-hybridized carbons (Fsp3) is 0.412. The summed E-state index contributed by atoms with van der Waals surface area (Å²) in [6.07, 6.45) is 6.70. The molecule has 0 radical (unpaired) electrons. The van der Waals surface area contributed by atoms with Gasteiger partial charge in [-0.1, -0.05) is 38.1 Å². The van der Waals surface area contributed by atoms with Crippen LogP contribution in [0.4, 0.5) is 5.13 Å². The Balaban J connectivity index is 1.62. The van der Waals surface area contributed by atoms with E-state index in [1.165, 1.54) is 35.4 Å². The molecule has 0 unspecified atom stereocenters. The van der Waals surface area contributed by atoms with E-state index in [1.54, 1.807) is 11.3 Å². The SMILES string of the molecule is CC(C)c1ccc(/C=N\Nc2nc3c(s2)CCCC3)cc1. The van der Waals surface area contributed by atoms with Crippen molar-refractivity contribution in [3.05, 3.63) is 46.0 Å². The molecule has 3 nitrogen and oxygen atoms in total. The summed E-state index contributed by atoms with van der Waals surface area (Å²) in [7, 11) is 0. The van der Waals surface area contributed by atoms with E-state index in [0.717, 1.165) is 17.1 Å². The number of rotatable bonds is 4. The second kappa shape index (κ2) is 6.39. The molecule has 0 fully saturated rings. The Bertz CT molecular complexity index is 602. The fourth-order valence-electron chi connectivity index (χ4n) is 2.53. The Morgan fingerprint density at radius 1 is 1.19 bits per heavy atom. The van der Waals surface area contributed by atoms with E-state index in [4.69, 9.17) is 0 Å². The van der Waals surface area contributed by atoms with Crippen LogP contribution < -0.4 is 5.43 Å². The molecule has 0 saturated carbocycles. The summed E-state index contributed by atoms with van der Waals surface area (Å²) in [6, 6.07) is 8.53. The van der Waals surface area contributed by atoms with Gasteiger partial charge in [-0.15, -0.1) is 11.3 Å². The van der Waals surface area contributed by atoms with Crippen LogP contribution in [0.25, 0.3) is 0 Å². The van der Waals surface area contributed by atoms with Crippen LogP contribution in [0, 0.1) is 0 Å². The highest BCUT2D eigenvalue weighted by atomic mass is 32.1. The average Bonchev–Trinajstić information content (AvgIpc) is 2.90. The number of anilines is 1. The monoisotopic (exact) mass is 299 g/mol. The van der Waals surface area contributed by atoms with Crippen LogP contribution in [-0.4, -0.2) is 11.2 Å². The van der Waals surface area contributed by atoms with Gasteiger partial charge < -0.3 is 0 Å². The lowest BCUT2D eigenvalue weighted by atomic mass is 10.0. The highest BCUT2D eigenvalue weighted by molar-refractivity contribution is 7.15. The molecule has 1 aliphatic rings. The molecule has 3 rings (SSSR count). The van der Waals surface area contributed by atoms with Gasteiger partial charge in [0.1, 0.15) is 0 Å². The van der Waals surface area contributed by atoms with Crippen LogP contribution in [0.3, 0.4) is 0 Å². The van der Waals surface area contributed by atoms with Gasteiger partial charge in [0.05, 0.1) is 11.9 Å². The molecule has 0 bridgehead atoms. The molecule has 1 aromatic heterocycles. The summed E-state index contributed by atoms with van der Waals surface area (Å²) < 4.78 is 0. The number of benzene rings is 1. The summed E-state index contributed by atoms with van der Waals surface area (Å²) in [4.78, 5) is 6.04. The van der Waals surface area contributed by atoms with E-state index in [9.17, 15) is 0 Å². The van der Waals surface area contributed by atoms with Crippen molar-refractivity contribution in [3.8, 4) is 0 Å². The molecule has 4 heteroatoms. The second-order valence-electron chi connectivity index (χ2n) is 5.79. The van der Waals surface area contributed by atoms with E-state index in [0.29, 0.717) is 5.92 Å². The zero-order valence-corrected chi connectivity index (χ0v) is 13.4. The number of hydrazone groups is 1. The predicted molar refractivity (Wildman–Crippen MR) is 90.5 cm³/mol. The Kier molecular flexibility index (Phi) is 4.34. The lowest BCUT2D eigenvalue weighted by Crippen LogP contribution is -1.99. The first-order valence-electron chi connectivity index (χ1n) is 7.60. The fourth-order valence-corrected chi connectivity index (χ4v) is 3.53. The quantitative estimate of drug-likeness (QED) is 0.662. The van der Waals surface area contributed by atoms with E-state index in [-0.39, 0.29) is 0 Å². The molecule has 110 valence electrons. The molecule has 0 amide bonds. The maximum absolute atomic E-state index is 4.61. The Labute approximate surface area is 130 Å². The first kappa shape index (κ1) is 14.3. The number of hydrogen-bond acceptors (Lipinski definition) is 4. The van der Waals surface area contributed by atoms with Crippen molar-refractivity contribution < 1.29 is 0 Å². The molecule has 0 saturated heterocycles. The van der Waals surface area contributed by atoms with Crippen LogP contribution in [0.15, 0.2) is 29.4 Å². The van der Waals surface area contributed by atoms with Gasteiger partial charge in [0.2, 0.25) is 5.13 Å². The minimum Gasteiger partial charge on any atom is -0.253 e. The smallest absolute Gasteiger partial charge is 0.203 e. The van der Waals surface area contributed by atoms with Crippen LogP contribution in [-0.2, 0) is 12.8 Å². The second-order valence-corrected chi connectivity index (χ2v) is 6.87. The van der Waals surface area contributed by atoms with Gasteiger partial charge in [-0.25, -0.2) is 4.98 Å². The van der Waals surface area contributed by atoms with Crippen molar-refractivity contribution in [3.63, 3.8) is 0 Å². The lowest BCUT2D eigenvalue weighted by Gasteiger charge is -2.06. The Hall–Kier alpha value is -1.68. The molecular formula is C17H21N3S. The average molecular weight is 299 g/mol. The highest BCUT2D eigenvalue weighted by Gasteiger charge is 2.14. The summed E-state index contributed by atoms with van der Waals surface area (Å²) in [5, 5.41) is 5.22. The van der Waals surface area contributed by atoms with E-state index >= 15 is 0 Å². The van der Waals surface area contributed by atoms with Gasteiger partial charge >= 0.3 is 0 Å². The largest absolute Gasteiger partial charge is 0.253 e. The summed E-state index contributed by atoms with van der Waals surface area (Å²) in [5.41, 5.74) is 6.79. The van der Waals surface area contributed by atoms with E-state index in [1.807, 2.05) is 6.21 Å². The van der Waals surface area contributed by atoms with Gasteiger partial charge in [0, 0.05) is 4.88 Å². The molecule has 0 spiro atoms. The number of nitrogens with one attached hydrogen (secondary N) is 1. The van der Waals surface area contributed by atoms with Crippen LogP contribution in [0.2, 0.25) is 0 Å². The zero-order valence-electron chi connectivity index (χ0n) is 12.6. The number of nitrogens with zero attached hydrogens (tertiary/aromatic N) is 2. The van der Waals surface area contributed by atoms with Gasteiger partial charge in [-0.3, -0.25) is 5.43 Å². The molecule has 1 N–H and O–H groups in total. The maximum atomic E-state index is 4.61. The summed E-state index contributed by atoms with van der Waals surface area (Å²) in [6.45, 7) is 4.41. The van der Waals surface area contributed by atoms with Crippen molar-refractivity contribution in [2.45, 2.75) is 45.4 Å². The van der Waals surface area contributed by atoms with Crippen LogP contribution >= 0.6 is 11.3 Å². The van der Waals surface area contributed by atoms with Gasteiger partial charge in [-0.05, 0) is 42.7 Å². The molecule has 0 atom stereocenters. The van der Waals surface area contributed by atoms with Gasteiger partial charge in [-0.2, -0.15) is 5.10 Å². The molecule has 2 aromatic rings. The first-order chi connectivity index (χ1) is 10.2. The standard InChI is InChI=1S/C17H21N3S/c1-12(2)14-9-7-13(8-10-14)11-18-20-17-19-15-5-3-4-6-16(15)21-17/h7-12H,3-6H2,1-2H3,(H,19,20)/b18-11-. The molecule has 1 aromatic carbocycles. The molecular weight excluding hydrogens is 278 g/mol. The van der Waals surface area contributed by atoms with Crippen molar-refractivity contribution >= 4 is 22.7 Å². The zero-order chi connectivity index (χ0) is 14.7. The normalized spacial score (nSPS) is 14.6. The minimum atomic E-state index is 0.566.